The lowest BCUT2D eigenvalue weighted by molar-refractivity contribution is -0.129. The Balaban J connectivity index is 1.83. The molecule has 3 aliphatic rings. The number of phenolic OH excluding ortho intramolecular Hbond substituents is 1. The predicted octanol–water partition coefficient (Wildman–Crippen LogP) is 5.25. The molecule has 0 bridgehead atoms. The van der Waals surface area contributed by atoms with Crippen molar-refractivity contribution in [1.82, 2.24) is 0 Å². The topological polar surface area (TPSA) is 37.3 Å². The normalized spacial score (nSPS) is 37.8. The van der Waals surface area contributed by atoms with E-state index in [0.717, 1.165) is 37.7 Å². The molecular formula is C22H30O2. The van der Waals surface area contributed by atoms with Gasteiger partial charge < -0.3 is 5.11 Å². The van der Waals surface area contributed by atoms with Gasteiger partial charge in [-0.15, -0.1) is 0 Å². The largest absolute Gasteiger partial charge is 0.508 e. The molecule has 0 heterocycles. The van der Waals surface area contributed by atoms with Gasteiger partial charge in [-0.3, -0.25) is 4.79 Å². The zero-order valence-corrected chi connectivity index (χ0v) is 15.5. The number of hydrogen-bond donors (Lipinski definition) is 1. The molecule has 0 aromatic heterocycles. The van der Waals surface area contributed by atoms with E-state index in [1.54, 1.807) is 0 Å². The molecule has 24 heavy (non-hydrogen) atoms. The van der Waals surface area contributed by atoms with E-state index in [1.165, 1.54) is 23.1 Å². The van der Waals surface area contributed by atoms with Gasteiger partial charge in [0.05, 0.1) is 0 Å². The Labute approximate surface area is 145 Å². The van der Waals surface area contributed by atoms with Crippen LogP contribution in [0.3, 0.4) is 0 Å². The maximum Gasteiger partial charge on any atom is 0.139 e. The van der Waals surface area contributed by atoms with Crippen LogP contribution in [-0.2, 0) is 11.2 Å². The lowest BCUT2D eigenvalue weighted by Crippen LogP contribution is -2.43. The highest BCUT2D eigenvalue weighted by Crippen LogP contribution is 2.62. The summed E-state index contributed by atoms with van der Waals surface area (Å²) in [5, 5.41) is 10.4. The van der Waals surface area contributed by atoms with Gasteiger partial charge in [-0.2, -0.15) is 0 Å². The number of carbonyl (C=O) groups is 1. The van der Waals surface area contributed by atoms with E-state index in [1.807, 2.05) is 0 Å². The van der Waals surface area contributed by atoms with E-state index in [-0.39, 0.29) is 5.41 Å². The Bertz CT molecular complexity index is 704. The molecule has 4 rings (SSSR count). The molecule has 1 aromatic rings. The maximum absolute atomic E-state index is 12.5. The van der Waals surface area contributed by atoms with Gasteiger partial charge in [-0.25, -0.2) is 0 Å². The predicted molar refractivity (Wildman–Crippen MR) is 96.6 cm³/mol. The molecule has 0 aliphatic heterocycles. The summed E-state index contributed by atoms with van der Waals surface area (Å²) in [5.41, 5.74) is 5.28. The molecule has 2 nitrogen and oxygen atoms in total. The second-order valence-electron chi connectivity index (χ2n) is 8.79. The van der Waals surface area contributed by atoms with Crippen LogP contribution in [0.2, 0.25) is 0 Å². The quantitative estimate of drug-likeness (QED) is 0.765. The minimum atomic E-state index is -0.0587. The molecule has 2 fully saturated rings. The summed E-state index contributed by atoms with van der Waals surface area (Å²) in [4.78, 5) is 12.5. The fourth-order valence-corrected chi connectivity index (χ4v) is 6.51. The van der Waals surface area contributed by atoms with Crippen molar-refractivity contribution in [2.45, 2.75) is 78.1 Å². The molecule has 0 spiro atoms. The third-order valence-corrected chi connectivity index (χ3v) is 7.80. The number of rotatable bonds is 1. The van der Waals surface area contributed by atoms with Gasteiger partial charge in [0.15, 0.2) is 0 Å². The second kappa shape index (κ2) is 5.34. The minimum absolute atomic E-state index is 0.0587. The van der Waals surface area contributed by atoms with E-state index in [4.69, 9.17) is 0 Å². The molecule has 3 aliphatic carbocycles. The van der Waals surface area contributed by atoms with Crippen LogP contribution in [0.5, 0.6) is 5.75 Å². The van der Waals surface area contributed by atoms with Gasteiger partial charge in [-0.05, 0) is 91.0 Å². The van der Waals surface area contributed by atoms with Crippen molar-refractivity contribution in [3.63, 3.8) is 0 Å². The third kappa shape index (κ3) is 1.98. The minimum Gasteiger partial charge on any atom is -0.508 e. The summed E-state index contributed by atoms with van der Waals surface area (Å²) in [6.45, 7) is 8.89. The van der Waals surface area contributed by atoms with E-state index >= 15 is 0 Å². The highest BCUT2D eigenvalue weighted by atomic mass is 16.3. The van der Waals surface area contributed by atoms with Gasteiger partial charge >= 0.3 is 0 Å². The first-order valence-electron chi connectivity index (χ1n) is 9.77. The number of fused-ring (bicyclic) bond motifs is 5. The molecule has 1 unspecified atom stereocenters. The van der Waals surface area contributed by atoms with Crippen LogP contribution in [-0.4, -0.2) is 10.9 Å². The lowest BCUT2D eigenvalue weighted by atomic mass is 9.53. The zero-order valence-electron chi connectivity index (χ0n) is 15.5. The van der Waals surface area contributed by atoms with Crippen LogP contribution in [0.4, 0.5) is 0 Å². The Morgan fingerprint density at radius 2 is 2.08 bits per heavy atom. The van der Waals surface area contributed by atoms with Crippen LogP contribution in [0.15, 0.2) is 6.07 Å². The first kappa shape index (κ1) is 16.2. The van der Waals surface area contributed by atoms with Crippen LogP contribution in [0.25, 0.3) is 0 Å². The molecule has 130 valence electrons. The van der Waals surface area contributed by atoms with Gasteiger partial charge in [0.25, 0.3) is 0 Å². The first-order chi connectivity index (χ1) is 11.4. The molecule has 2 saturated carbocycles. The van der Waals surface area contributed by atoms with E-state index in [2.05, 4.69) is 33.8 Å². The summed E-state index contributed by atoms with van der Waals surface area (Å²) >= 11 is 0. The number of hydrogen-bond acceptors (Lipinski definition) is 2. The number of Topliss-reactive ketones (excluding diaryl/α,β-unsaturated/α-hetero) is 1. The summed E-state index contributed by atoms with van der Waals surface area (Å²) in [7, 11) is 0. The number of benzene rings is 1. The van der Waals surface area contributed by atoms with Gasteiger partial charge in [0.2, 0.25) is 0 Å². The van der Waals surface area contributed by atoms with Gasteiger partial charge in [0.1, 0.15) is 11.5 Å². The molecule has 5 atom stereocenters. The molecule has 0 amide bonds. The summed E-state index contributed by atoms with van der Waals surface area (Å²) in [6.07, 6.45) is 6.13. The zero-order chi connectivity index (χ0) is 17.2. The van der Waals surface area contributed by atoms with Gasteiger partial charge in [-0.1, -0.05) is 20.8 Å². The molecule has 0 saturated heterocycles. The fourth-order valence-electron chi connectivity index (χ4n) is 6.51. The third-order valence-electron chi connectivity index (χ3n) is 7.80. The monoisotopic (exact) mass is 326 g/mol. The van der Waals surface area contributed by atoms with Crippen molar-refractivity contribution in [3.05, 3.63) is 28.3 Å². The fraction of sp³-hybridized carbons (Fsp3) is 0.682. The van der Waals surface area contributed by atoms with E-state index in [9.17, 15) is 9.90 Å². The Hall–Kier alpha value is -1.31. The van der Waals surface area contributed by atoms with Crippen LogP contribution >= 0.6 is 0 Å². The number of carbonyl (C=O) groups excluding carboxylic acids is 1. The average molecular weight is 326 g/mol. The Kier molecular flexibility index (Phi) is 3.60. The molecular weight excluding hydrogens is 296 g/mol. The van der Waals surface area contributed by atoms with E-state index < -0.39 is 0 Å². The Morgan fingerprint density at radius 3 is 2.79 bits per heavy atom. The van der Waals surface area contributed by atoms with Gasteiger partial charge in [0, 0.05) is 11.8 Å². The van der Waals surface area contributed by atoms with Crippen molar-refractivity contribution in [3.8, 4) is 5.75 Å². The Morgan fingerprint density at radius 1 is 1.33 bits per heavy atom. The first-order valence-corrected chi connectivity index (χ1v) is 9.77. The summed E-state index contributed by atoms with van der Waals surface area (Å²) in [6, 6.07) is 2.05. The maximum atomic E-state index is 12.5. The second-order valence-corrected chi connectivity index (χ2v) is 8.79. The smallest absolute Gasteiger partial charge is 0.139 e. The molecule has 0 radical (unpaired) electrons. The lowest BCUT2D eigenvalue weighted by Gasteiger charge is -2.50. The number of ketones is 1. The molecule has 1 aromatic carbocycles. The molecule has 2 heteroatoms. The number of phenols is 1. The van der Waals surface area contributed by atoms with E-state index in [0.29, 0.717) is 35.2 Å². The highest BCUT2D eigenvalue weighted by molar-refractivity contribution is 5.87. The van der Waals surface area contributed by atoms with Crippen molar-refractivity contribution >= 4 is 5.78 Å². The van der Waals surface area contributed by atoms with Crippen molar-refractivity contribution in [2.24, 2.45) is 17.3 Å². The van der Waals surface area contributed by atoms with Crippen molar-refractivity contribution in [1.29, 1.82) is 0 Å². The van der Waals surface area contributed by atoms with Crippen LogP contribution in [0, 0.1) is 24.2 Å². The SMILES string of the molecule is CCc1c(O)cc2c(c1C)[C@H]1CC[C@]3(C)C(=O)CC[C@H]3[C@@H]1CC2C. The average Bonchev–Trinajstić information content (AvgIpc) is 2.84. The van der Waals surface area contributed by atoms with Crippen molar-refractivity contribution < 1.29 is 9.90 Å². The highest BCUT2D eigenvalue weighted by Gasteiger charge is 2.55. The summed E-state index contributed by atoms with van der Waals surface area (Å²) in [5.74, 6) is 3.28. The standard InChI is InChI=1S/C22H30O2/c1-5-14-13(3)21-15-8-9-22(4)18(6-7-20(22)24)17(15)10-12(2)16(21)11-19(14)23/h11-12,15,17-18,23H,5-10H2,1-4H3/t12?,15-,17+,18-,22-/m0/s1. The molecule has 1 N–H and O–H groups in total. The van der Waals surface area contributed by atoms with Crippen molar-refractivity contribution in [2.75, 3.05) is 0 Å². The summed E-state index contributed by atoms with van der Waals surface area (Å²) < 4.78 is 0. The van der Waals surface area contributed by atoms with Crippen LogP contribution < -0.4 is 0 Å². The van der Waals surface area contributed by atoms with Crippen LogP contribution in [0.1, 0.15) is 87.0 Å². The number of aromatic hydroxyl groups is 1.